The number of rotatable bonds is 2. The summed E-state index contributed by atoms with van der Waals surface area (Å²) in [5, 5.41) is -0.152. The van der Waals surface area contributed by atoms with Crippen molar-refractivity contribution in [3.8, 4) is 0 Å². The molecule has 0 saturated heterocycles. The molecule has 1 aromatic carbocycles. The number of imidazole rings is 1. The fourth-order valence-electron chi connectivity index (χ4n) is 1.21. The SMILES string of the molecule is O=C(c1ncc[nH]1)c1cc(F)c(F)cc1Cl. The molecular weight excluding hydrogens is 238 g/mol. The maximum absolute atomic E-state index is 12.9. The second-order valence-corrected chi connectivity index (χ2v) is 3.42. The van der Waals surface area contributed by atoms with Gasteiger partial charge in [-0.25, -0.2) is 13.8 Å². The molecule has 0 saturated carbocycles. The Hall–Kier alpha value is -1.75. The molecule has 0 atom stereocenters. The van der Waals surface area contributed by atoms with Gasteiger partial charge in [-0.05, 0) is 12.1 Å². The van der Waals surface area contributed by atoms with Crippen LogP contribution < -0.4 is 0 Å². The lowest BCUT2D eigenvalue weighted by Crippen LogP contribution is -2.05. The number of benzene rings is 1. The maximum atomic E-state index is 12.9. The minimum Gasteiger partial charge on any atom is -0.342 e. The minimum atomic E-state index is -1.13. The first-order chi connectivity index (χ1) is 7.59. The van der Waals surface area contributed by atoms with Gasteiger partial charge in [-0.3, -0.25) is 4.79 Å². The summed E-state index contributed by atoms with van der Waals surface area (Å²) in [6.07, 6.45) is 2.82. The molecule has 1 N–H and O–H groups in total. The van der Waals surface area contributed by atoms with Gasteiger partial charge in [-0.15, -0.1) is 0 Å². The van der Waals surface area contributed by atoms with Crippen LogP contribution in [-0.4, -0.2) is 15.8 Å². The molecule has 0 bridgehead atoms. The van der Waals surface area contributed by atoms with E-state index in [4.69, 9.17) is 11.6 Å². The number of aromatic amines is 1. The molecule has 6 heteroatoms. The van der Waals surface area contributed by atoms with E-state index in [1.54, 1.807) is 0 Å². The summed E-state index contributed by atoms with van der Waals surface area (Å²) in [7, 11) is 0. The van der Waals surface area contributed by atoms with Crippen molar-refractivity contribution in [1.82, 2.24) is 9.97 Å². The van der Waals surface area contributed by atoms with Gasteiger partial charge in [0.1, 0.15) is 0 Å². The first-order valence-corrected chi connectivity index (χ1v) is 4.66. The molecule has 0 fully saturated rings. The van der Waals surface area contributed by atoms with Crippen LogP contribution in [0.5, 0.6) is 0 Å². The number of nitrogens with zero attached hydrogens (tertiary/aromatic N) is 1. The van der Waals surface area contributed by atoms with Crippen molar-refractivity contribution in [3.05, 3.63) is 52.6 Å². The zero-order chi connectivity index (χ0) is 11.7. The summed E-state index contributed by atoms with van der Waals surface area (Å²) in [5.74, 6) is -2.79. The molecule has 0 unspecified atom stereocenters. The van der Waals surface area contributed by atoms with E-state index >= 15 is 0 Å². The van der Waals surface area contributed by atoms with E-state index in [1.165, 1.54) is 12.4 Å². The molecule has 1 aromatic heterocycles. The summed E-state index contributed by atoms with van der Waals surface area (Å²) in [4.78, 5) is 18.0. The van der Waals surface area contributed by atoms with Gasteiger partial charge in [0.2, 0.25) is 5.78 Å². The largest absolute Gasteiger partial charge is 0.342 e. The fourth-order valence-corrected chi connectivity index (χ4v) is 1.45. The number of carbonyl (C=O) groups excluding carboxylic acids is 1. The number of H-pyrrole nitrogens is 1. The molecule has 82 valence electrons. The van der Waals surface area contributed by atoms with Crippen molar-refractivity contribution in [3.63, 3.8) is 0 Å². The molecule has 0 spiro atoms. The predicted octanol–water partition coefficient (Wildman–Crippen LogP) is 2.57. The third kappa shape index (κ3) is 1.81. The Morgan fingerprint density at radius 3 is 2.62 bits per heavy atom. The molecule has 0 amide bonds. The molecule has 16 heavy (non-hydrogen) atoms. The molecule has 0 radical (unpaired) electrons. The van der Waals surface area contributed by atoms with Crippen molar-refractivity contribution < 1.29 is 13.6 Å². The number of hydrogen-bond donors (Lipinski definition) is 1. The smallest absolute Gasteiger partial charge is 0.229 e. The van der Waals surface area contributed by atoms with Crippen molar-refractivity contribution in [1.29, 1.82) is 0 Å². The van der Waals surface area contributed by atoms with Gasteiger partial charge in [0.05, 0.1) is 5.02 Å². The Bertz CT molecular complexity index is 540. The molecule has 3 nitrogen and oxygen atoms in total. The molecule has 2 aromatic rings. The van der Waals surface area contributed by atoms with Crippen LogP contribution >= 0.6 is 11.6 Å². The van der Waals surface area contributed by atoms with E-state index in [9.17, 15) is 13.6 Å². The van der Waals surface area contributed by atoms with Crippen LogP contribution in [0.25, 0.3) is 0 Å². The quantitative estimate of drug-likeness (QED) is 0.650. The second-order valence-electron chi connectivity index (χ2n) is 3.01. The summed E-state index contributed by atoms with van der Waals surface area (Å²) in [6.45, 7) is 0. The number of ketones is 1. The highest BCUT2D eigenvalue weighted by atomic mass is 35.5. The molecule has 0 aliphatic carbocycles. The highest BCUT2D eigenvalue weighted by Crippen LogP contribution is 2.21. The Kier molecular flexibility index (Phi) is 2.70. The molecule has 2 rings (SSSR count). The average molecular weight is 243 g/mol. The predicted molar refractivity (Wildman–Crippen MR) is 53.4 cm³/mol. The van der Waals surface area contributed by atoms with Gasteiger partial charge in [0, 0.05) is 18.0 Å². The Morgan fingerprint density at radius 1 is 1.31 bits per heavy atom. The first kappa shape index (κ1) is 10.8. The molecule has 0 aliphatic rings. The van der Waals surface area contributed by atoms with E-state index < -0.39 is 17.4 Å². The van der Waals surface area contributed by atoms with Gasteiger partial charge in [-0.2, -0.15) is 0 Å². The lowest BCUT2D eigenvalue weighted by atomic mass is 10.1. The van der Waals surface area contributed by atoms with Crippen LogP contribution in [0.15, 0.2) is 24.5 Å². The van der Waals surface area contributed by atoms with Crippen molar-refractivity contribution >= 4 is 17.4 Å². The number of hydrogen-bond acceptors (Lipinski definition) is 2. The average Bonchev–Trinajstić information content (AvgIpc) is 2.75. The van der Waals surface area contributed by atoms with Crippen LogP contribution in [0, 0.1) is 11.6 Å². The third-order valence-corrected chi connectivity index (χ3v) is 2.28. The first-order valence-electron chi connectivity index (χ1n) is 4.28. The van der Waals surface area contributed by atoms with Gasteiger partial charge in [0.25, 0.3) is 0 Å². The summed E-state index contributed by atoms with van der Waals surface area (Å²) < 4.78 is 25.7. The van der Waals surface area contributed by atoms with Gasteiger partial charge in [-0.1, -0.05) is 11.6 Å². The normalized spacial score (nSPS) is 10.4. The van der Waals surface area contributed by atoms with Crippen LogP contribution in [-0.2, 0) is 0 Å². The maximum Gasteiger partial charge on any atom is 0.229 e. The Labute approximate surface area is 94.1 Å². The second kappa shape index (κ2) is 4.02. The molecular formula is C10H5ClF2N2O. The zero-order valence-corrected chi connectivity index (χ0v) is 8.55. The number of carbonyl (C=O) groups is 1. The Morgan fingerprint density at radius 2 is 2.00 bits per heavy atom. The van der Waals surface area contributed by atoms with Gasteiger partial charge < -0.3 is 4.98 Å². The van der Waals surface area contributed by atoms with Crippen LogP contribution in [0.3, 0.4) is 0 Å². The summed E-state index contributed by atoms with van der Waals surface area (Å²) >= 11 is 5.64. The highest BCUT2D eigenvalue weighted by Gasteiger charge is 2.17. The van der Waals surface area contributed by atoms with Crippen LogP contribution in [0.1, 0.15) is 16.2 Å². The summed E-state index contributed by atoms with van der Waals surface area (Å²) in [6, 6.07) is 1.51. The lowest BCUT2D eigenvalue weighted by molar-refractivity contribution is 0.103. The lowest BCUT2D eigenvalue weighted by Gasteiger charge is -2.02. The zero-order valence-electron chi connectivity index (χ0n) is 7.80. The van der Waals surface area contributed by atoms with Crippen molar-refractivity contribution in [2.45, 2.75) is 0 Å². The molecule has 1 heterocycles. The van der Waals surface area contributed by atoms with Crippen molar-refractivity contribution in [2.75, 3.05) is 0 Å². The van der Waals surface area contributed by atoms with E-state index in [0.717, 1.165) is 12.1 Å². The molecule has 0 aliphatic heterocycles. The van der Waals surface area contributed by atoms with Crippen molar-refractivity contribution in [2.24, 2.45) is 0 Å². The fraction of sp³-hybridized carbons (Fsp3) is 0. The van der Waals surface area contributed by atoms with Crippen LogP contribution in [0.4, 0.5) is 8.78 Å². The topological polar surface area (TPSA) is 45.8 Å². The Balaban J connectivity index is 2.49. The minimum absolute atomic E-state index is 0.0212. The number of halogens is 3. The third-order valence-electron chi connectivity index (χ3n) is 1.97. The number of aromatic nitrogens is 2. The van der Waals surface area contributed by atoms with Crippen LogP contribution in [0.2, 0.25) is 5.02 Å². The van der Waals surface area contributed by atoms with E-state index in [0.29, 0.717) is 0 Å². The number of nitrogens with one attached hydrogen (secondary N) is 1. The van der Waals surface area contributed by atoms with Gasteiger partial charge >= 0.3 is 0 Å². The van der Waals surface area contributed by atoms with E-state index in [2.05, 4.69) is 9.97 Å². The van der Waals surface area contributed by atoms with E-state index in [-0.39, 0.29) is 16.4 Å². The standard InChI is InChI=1S/C10H5ClF2N2O/c11-6-4-8(13)7(12)3-5(6)9(16)10-14-1-2-15-10/h1-4H,(H,14,15). The summed E-state index contributed by atoms with van der Waals surface area (Å²) in [5.41, 5.74) is -0.129. The monoisotopic (exact) mass is 242 g/mol. The van der Waals surface area contributed by atoms with E-state index in [1.807, 2.05) is 0 Å². The van der Waals surface area contributed by atoms with Gasteiger partial charge in [0.15, 0.2) is 17.5 Å². The highest BCUT2D eigenvalue weighted by molar-refractivity contribution is 6.34.